The quantitative estimate of drug-likeness (QED) is 0.514. The summed E-state index contributed by atoms with van der Waals surface area (Å²) < 4.78 is 10.2. The van der Waals surface area contributed by atoms with Crippen molar-refractivity contribution in [3.63, 3.8) is 0 Å². The topological polar surface area (TPSA) is 127 Å². The maximum atomic E-state index is 12.5. The van der Waals surface area contributed by atoms with Gasteiger partial charge in [-0.2, -0.15) is 0 Å². The van der Waals surface area contributed by atoms with Gasteiger partial charge in [-0.05, 0) is 18.2 Å². The van der Waals surface area contributed by atoms with E-state index in [0.29, 0.717) is 0 Å². The number of hydrogen-bond donors (Lipinski definition) is 2. The second kappa shape index (κ2) is 10.0. The summed E-state index contributed by atoms with van der Waals surface area (Å²) in [5.41, 5.74) is 0.369. The Labute approximate surface area is 182 Å². The van der Waals surface area contributed by atoms with Gasteiger partial charge in [-0.25, -0.2) is 19.2 Å². The van der Waals surface area contributed by atoms with E-state index in [0.717, 1.165) is 6.07 Å². The van der Waals surface area contributed by atoms with Crippen molar-refractivity contribution in [2.75, 3.05) is 0 Å². The van der Waals surface area contributed by atoms with Crippen LogP contribution in [-0.4, -0.2) is 34.1 Å². The van der Waals surface area contributed by atoms with E-state index < -0.39 is 36.1 Å². The van der Waals surface area contributed by atoms with Crippen molar-refractivity contribution < 1.29 is 38.9 Å². The van der Waals surface area contributed by atoms with Gasteiger partial charge in [-0.15, -0.1) is 0 Å². The fourth-order valence-corrected chi connectivity index (χ4v) is 2.90. The van der Waals surface area contributed by atoms with Crippen LogP contribution in [-0.2, 0) is 19.1 Å². The molecule has 0 spiro atoms. The van der Waals surface area contributed by atoms with Crippen molar-refractivity contribution in [3.8, 4) is 0 Å². The molecule has 0 aromatic heterocycles. The van der Waals surface area contributed by atoms with Gasteiger partial charge in [0.2, 0.25) is 12.2 Å². The number of carbonyl (C=O) groups is 4. The highest BCUT2D eigenvalue weighted by Gasteiger charge is 2.27. The summed E-state index contributed by atoms with van der Waals surface area (Å²) in [6.07, 6.45) is -3.07. The third kappa shape index (κ3) is 5.37. The smallest absolute Gasteiger partial charge is 0.349 e. The largest absolute Gasteiger partial charge is 0.478 e. The first-order valence-electron chi connectivity index (χ1n) is 9.44. The van der Waals surface area contributed by atoms with E-state index in [-0.39, 0.29) is 22.3 Å². The van der Waals surface area contributed by atoms with Crippen molar-refractivity contribution in [2.45, 2.75) is 12.2 Å². The number of rotatable bonds is 8. The van der Waals surface area contributed by atoms with E-state index in [2.05, 4.69) is 0 Å². The van der Waals surface area contributed by atoms with Crippen LogP contribution in [0.25, 0.3) is 0 Å². The van der Waals surface area contributed by atoms with Gasteiger partial charge < -0.3 is 19.7 Å². The number of carboxylic acids is 2. The molecule has 0 saturated heterocycles. The van der Waals surface area contributed by atoms with Gasteiger partial charge in [0.25, 0.3) is 0 Å². The van der Waals surface area contributed by atoms with E-state index in [1.54, 1.807) is 36.4 Å². The highest BCUT2D eigenvalue weighted by Crippen LogP contribution is 2.22. The molecule has 162 valence electrons. The van der Waals surface area contributed by atoms with Crippen LogP contribution >= 0.6 is 0 Å². The molecule has 2 N–H and O–H groups in total. The molecule has 32 heavy (non-hydrogen) atoms. The lowest BCUT2D eigenvalue weighted by Gasteiger charge is -2.15. The lowest BCUT2D eigenvalue weighted by molar-refractivity contribution is -0.148. The molecule has 0 radical (unpaired) electrons. The molecule has 0 aliphatic heterocycles. The van der Waals surface area contributed by atoms with Crippen LogP contribution in [0.4, 0.5) is 0 Å². The van der Waals surface area contributed by atoms with Crippen LogP contribution < -0.4 is 0 Å². The number of aliphatic carboxylic acids is 2. The summed E-state index contributed by atoms with van der Waals surface area (Å²) in [5, 5.41) is 18.8. The minimum absolute atomic E-state index is 0.0896. The zero-order valence-electron chi connectivity index (χ0n) is 16.6. The van der Waals surface area contributed by atoms with Crippen LogP contribution in [0.15, 0.2) is 84.9 Å². The highest BCUT2D eigenvalue weighted by molar-refractivity contribution is 5.97. The monoisotopic (exact) mass is 434 g/mol. The average molecular weight is 434 g/mol. The van der Waals surface area contributed by atoms with Crippen LogP contribution in [0.5, 0.6) is 0 Å². The Hall–Kier alpha value is -4.46. The molecule has 0 heterocycles. The average Bonchev–Trinajstić information content (AvgIpc) is 2.81. The lowest BCUT2D eigenvalue weighted by Crippen LogP contribution is -2.21. The molecule has 0 fully saturated rings. The van der Waals surface area contributed by atoms with Crippen molar-refractivity contribution in [1.29, 1.82) is 0 Å². The first kappa shape index (κ1) is 22.2. The Bertz CT molecular complexity index is 1040. The van der Waals surface area contributed by atoms with Gasteiger partial charge in [0.05, 0.1) is 11.1 Å². The van der Waals surface area contributed by atoms with E-state index >= 15 is 0 Å². The molecule has 3 rings (SSSR count). The molecule has 3 aromatic carbocycles. The fourth-order valence-electron chi connectivity index (χ4n) is 2.90. The Morgan fingerprint density at radius 2 is 0.938 bits per heavy atom. The molecule has 8 nitrogen and oxygen atoms in total. The van der Waals surface area contributed by atoms with E-state index in [1.807, 2.05) is 0 Å². The van der Waals surface area contributed by atoms with E-state index in [4.69, 9.17) is 9.47 Å². The number of carboxylic acid groups (broad SMARTS) is 2. The predicted octanol–water partition coefficient (Wildman–Crippen LogP) is 3.65. The maximum Gasteiger partial charge on any atom is 0.349 e. The normalized spacial score (nSPS) is 12.2. The van der Waals surface area contributed by atoms with Gasteiger partial charge in [-0.1, -0.05) is 66.7 Å². The molecule has 8 heteroatoms. The van der Waals surface area contributed by atoms with Gasteiger partial charge in [-0.3, -0.25) is 0 Å². The third-order valence-corrected chi connectivity index (χ3v) is 4.44. The molecular formula is C24H18O8. The summed E-state index contributed by atoms with van der Waals surface area (Å²) in [4.78, 5) is 48.2. The molecule has 2 unspecified atom stereocenters. The number of esters is 2. The summed E-state index contributed by atoms with van der Waals surface area (Å²) in [6.45, 7) is 0. The molecule has 0 bridgehead atoms. The minimum atomic E-state index is -1.53. The fraction of sp³-hybridized carbons (Fsp3) is 0.0833. The maximum absolute atomic E-state index is 12.5. The van der Waals surface area contributed by atoms with E-state index in [9.17, 15) is 29.4 Å². The highest BCUT2D eigenvalue weighted by atomic mass is 16.6. The van der Waals surface area contributed by atoms with Crippen LogP contribution in [0.2, 0.25) is 0 Å². The zero-order valence-corrected chi connectivity index (χ0v) is 16.6. The van der Waals surface area contributed by atoms with Crippen LogP contribution in [0.3, 0.4) is 0 Å². The Morgan fingerprint density at radius 1 is 0.562 bits per heavy atom. The number of benzene rings is 3. The number of ether oxygens (including phenoxy) is 2. The Balaban J connectivity index is 1.78. The summed E-state index contributed by atoms with van der Waals surface area (Å²) >= 11 is 0. The first-order valence-corrected chi connectivity index (χ1v) is 9.44. The third-order valence-electron chi connectivity index (χ3n) is 4.44. The zero-order chi connectivity index (χ0) is 23.1. The van der Waals surface area contributed by atoms with Crippen molar-refractivity contribution in [3.05, 3.63) is 107 Å². The number of carbonyl (C=O) groups excluding carboxylic acids is 2. The molecule has 3 aromatic rings. The molecular weight excluding hydrogens is 416 g/mol. The van der Waals surface area contributed by atoms with Gasteiger partial charge >= 0.3 is 23.9 Å². The summed E-state index contributed by atoms with van der Waals surface area (Å²) in [5.74, 6) is -4.64. The van der Waals surface area contributed by atoms with Gasteiger partial charge in [0, 0.05) is 11.1 Å². The van der Waals surface area contributed by atoms with Gasteiger partial charge in [0.15, 0.2) is 0 Å². The Morgan fingerprint density at radius 3 is 1.28 bits per heavy atom. The SMILES string of the molecule is O=C(OC(C(=O)O)c1ccccc1)c1cccc(C(=O)OC(C(=O)O)c2ccccc2)c1. The predicted molar refractivity (Wildman–Crippen MR) is 111 cm³/mol. The van der Waals surface area contributed by atoms with Crippen LogP contribution in [0.1, 0.15) is 44.1 Å². The lowest BCUT2D eigenvalue weighted by atomic mass is 10.1. The standard InChI is InChI=1S/C24H18O8/c25-21(26)19(15-8-3-1-4-9-15)31-23(29)17-12-7-13-18(14-17)24(30)32-20(22(27)28)16-10-5-2-6-11-16/h1-14,19-20H,(H,25,26)(H,27,28). The second-order valence-corrected chi connectivity index (χ2v) is 6.65. The van der Waals surface area contributed by atoms with Crippen molar-refractivity contribution >= 4 is 23.9 Å². The van der Waals surface area contributed by atoms with E-state index in [1.165, 1.54) is 42.5 Å². The number of hydrogen-bond acceptors (Lipinski definition) is 6. The molecule has 0 aliphatic carbocycles. The summed E-state index contributed by atoms with van der Waals surface area (Å²) in [7, 11) is 0. The first-order chi connectivity index (χ1) is 15.4. The van der Waals surface area contributed by atoms with Crippen molar-refractivity contribution in [1.82, 2.24) is 0 Å². The van der Waals surface area contributed by atoms with Crippen LogP contribution in [0, 0.1) is 0 Å². The molecule has 0 amide bonds. The molecule has 0 aliphatic rings. The molecule has 0 saturated carbocycles. The van der Waals surface area contributed by atoms with Gasteiger partial charge in [0.1, 0.15) is 0 Å². The Kier molecular flexibility index (Phi) is 6.97. The minimum Gasteiger partial charge on any atom is -0.478 e. The summed E-state index contributed by atoms with van der Waals surface area (Å²) in [6, 6.07) is 21.1. The van der Waals surface area contributed by atoms with Crippen molar-refractivity contribution in [2.24, 2.45) is 0 Å². The molecule has 2 atom stereocenters. The second-order valence-electron chi connectivity index (χ2n) is 6.65.